The summed E-state index contributed by atoms with van der Waals surface area (Å²) in [5.74, 6) is 0.705. The van der Waals surface area contributed by atoms with E-state index >= 15 is 0 Å². The summed E-state index contributed by atoms with van der Waals surface area (Å²) in [7, 11) is 1.47. The van der Waals surface area contributed by atoms with Crippen molar-refractivity contribution in [3.05, 3.63) is 71.4 Å². The van der Waals surface area contributed by atoms with E-state index in [1.54, 1.807) is 16.7 Å². The maximum Gasteiger partial charge on any atom is 0.216 e. The van der Waals surface area contributed by atoms with Gasteiger partial charge in [-0.05, 0) is 35.7 Å². The predicted molar refractivity (Wildman–Crippen MR) is 137 cm³/mol. The summed E-state index contributed by atoms with van der Waals surface area (Å²) in [5, 5.41) is 13.2. The fourth-order valence-electron chi connectivity index (χ4n) is 4.10. The number of benzene rings is 2. The molecule has 35 heavy (non-hydrogen) atoms. The van der Waals surface area contributed by atoms with Gasteiger partial charge in [0.15, 0.2) is 0 Å². The van der Waals surface area contributed by atoms with Crippen LogP contribution in [0.15, 0.2) is 48.8 Å². The lowest BCUT2D eigenvalue weighted by Crippen LogP contribution is -2.12. The molecular weight excluding hydrogens is 465 g/mol. The Morgan fingerprint density at radius 3 is 2.71 bits per heavy atom. The monoisotopic (exact) mass is 489 g/mol. The van der Waals surface area contributed by atoms with Crippen molar-refractivity contribution in [3.63, 3.8) is 0 Å². The van der Waals surface area contributed by atoms with E-state index in [-0.39, 0.29) is 11.0 Å². The molecular formula is C26H24FN5O2S. The molecule has 178 valence electrons. The molecule has 0 unspecified atom stereocenters. The molecule has 0 amide bonds. The number of nitriles is 1. The molecule has 0 radical (unpaired) electrons. The first-order chi connectivity index (χ1) is 16.8. The number of thiol groups is 1. The third-order valence-corrected chi connectivity index (χ3v) is 6.03. The number of carbonyl (C=O) groups excluding carboxylic acids is 1. The molecule has 7 nitrogen and oxygen atoms in total. The Hall–Kier alpha value is -3.90. The van der Waals surface area contributed by atoms with E-state index in [9.17, 15) is 14.4 Å². The molecule has 1 N–H and O–H groups in total. The van der Waals surface area contributed by atoms with Crippen LogP contribution < -0.4 is 10.1 Å². The van der Waals surface area contributed by atoms with E-state index in [2.05, 4.69) is 34.0 Å². The van der Waals surface area contributed by atoms with Gasteiger partial charge in [0, 0.05) is 41.7 Å². The molecule has 2 heterocycles. The van der Waals surface area contributed by atoms with Crippen molar-refractivity contribution in [1.82, 2.24) is 14.5 Å². The van der Waals surface area contributed by atoms with Crippen LogP contribution in [0.25, 0.3) is 22.2 Å². The van der Waals surface area contributed by atoms with Gasteiger partial charge in [0.1, 0.15) is 35.5 Å². The molecule has 0 bridgehead atoms. The third kappa shape index (κ3) is 4.98. The van der Waals surface area contributed by atoms with Gasteiger partial charge in [-0.15, -0.1) is 12.6 Å². The summed E-state index contributed by atoms with van der Waals surface area (Å²) >= 11 is 3.98. The highest BCUT2D eigenvalue weighted by atomic mass is 32.1. The van der Waals surface area contributed by atoms with Crippen LogP contribution in [0, 0.1) is 17.1 Å². The number of aromatic nitrogens is 3. The van der Waals surface area contributed by atoms with E-state index in [4.69, 9.17) is 4.74 Å². The molecule has 4 aromatic rings. The van der Waals surface area contributed by atoms with E-state index in [1.807, 2.05) is 32.0 Å². The first-order valence-corrected chi connectivity index (χ1v) is 11.5. The zero-order chi connectivity index (χ0) is 25.1. The number of carbonyl (C=O) groups is 1. The number of nitrogens with zero attached hydrogens (tertiary/aromatic N) is 4. The largest absolute Gasteiger partial charge is 0.496 e. The average Bonchev–Trinajstić information content (AvgIpc) is 3.20. The minimum absolute atomic E-state index is 0.148. The molecule has 2 aromatic heterocycles. The van der Waals surface area contributed by atoms with Crippen molar-refractivity contribution in [1.29, 1.82) is 5.26 Å². The third-order valence-electron chi connectivity index (χ3n) is 5.79. The maximum atomic E-state index is 14.1. The number of methoxy groups -OCH3 is 1. The van der Waals surface area contributed by atoms with Gasteiger partial charge in [-0.2, -0.15) is 5.26 Å². The molecule has 4 rings (SSSR count). The van der Waals surface area contributed by atoms with Crippen LogP contribution in [-0.4, -0.2) is 33.3 Å². The fraction of sp³-hybridized carbons (Fsp3) is 0.231. The molecule has 0 saturated heterocycles. The van der Waals surface area contributed by atoms with Crippen LogP contribution in [0.3, 0.4) is 0 Å². The minimum atomic E-state index is -0.432. The Bertz CT molecular complexity index is 1460. The second-order valence-corrected chi connectivity index (χ2v) is 8.72. The Balaban J connectivity index is 1.56. The van der Waals surface area contributed by atoms with Gasteiger partial charge < -0.3 is 14.6 Å². The summed E-state index contributed by atoms with van der Waals surface area (Å²) in [6, 6.07) is 13.9. The quantitative estimate of drug-likeness (QED) is 0.321. The topological polar surface area (TPSA) is 92.8 Å². The van der Waals surface area contributed by atoms with E-state index in [0.717, 1.165) is 11.1 Å². The molecule has 0 atom stereocenters. The highest BCUT2D eigenvalue weighted by Gasteiger charge is 2.15. The first-order valence-electron chi connectivity index (χ1n) is 11.0. The summed E-state index contributed by atoms with van der Waals surface area (Å²) in [6.45, 7) is 4.90. The Morgan fingerprint density at radius 1 is 1.23 bits per heavy atom. The number of ether oxygens (including phenoxy) is 1. The SMILES string of the molecule is COc1cc(F)cc2c1cc(C#N)n2CCNc1cc(-c2ccc(C(=O)S)c(C(C)C)c2)ncn1. The van der Waals surface area contributed by atoms with Crippen LogP contribution in [0.1, 0.15) is 41.4 Å². The minimum Gasteiger partial charge on any atom is -0.496 e. The standard InChI is InChI=1S/C26H24FN5O2S/c1-15(2)20-8-16(4-5-19(20)26(33)35)22-12-25(31-14-30-22)29-6-7-32-18(13-28)11-21-23(32)9-17(27)10-24(21)34-3/h4-5,8-12,14-15H,6-7H2,1-3H3,(H,33,35)(H,29,30,31). The van der Waals surface area contributed by atoms with Gasteiger partial charge in [0.05, 0.1) is 18.3 Å². The van der Waals surface area contributed by atoms with Gasteiger partial charge in [0.25, 0.3) is 0 Å². The van der Waals surface area contributed by atoms with E-state index < -0.39 is 5.82 Å². The summed E-state index contributed by atoms with van der Waals surface area (Å²) in [5.41, 5.74) is 4.06. The van der Waals surface area contributed by atoms with Gasteiger partial charge in [-0.3, -0.25) is 4.79 Å². The van der Waals surface area contributed by atoms with Crippen LogP contribution in [0.2, 0.25) is 0 Å². The molecule has 0 saturated carbocycles. The smallest absolute Gasteiger partial charge is 0.216 e. The fourth-order valence-corrected chi connectivity index (χ4v) is 4.30. The zero-order valence-corrected chi connectivity index (χ0v) is 20.4. The van der Waals surface area contributed by atoms with Gasteiger partial charge >= 0.3 is 0 Å². The number of hydrogen-bond acceptors (Lipinski definition) is 6. The molecule has 0 aliphatic rings. The van der Waals surface area contributed by atoms with Gasteiger partial charge in [0.2, 0.25) is 5.12 Å². The Labute approximate surface area is 208 Å². The number of nitrogens with one attached hydrogen (secondary N) is 1. The van der Waals surface area contributed by atoms with Crippen LogP contribution >= 0.6 is 12.6 Å². The molecule has 0 spiro atoms. The second kappa shape index (κ2) is 10.2. The number of fused-ring (bicyclic) bond motifs is 1. The number of halogens is 1. The zero-order valence-electron chi connectivity index (χ0n) is 19.5. The average molecular weight is 490 g/mol. The van der Waals surface area contributed by atoms with E-state index in [1.165, 1.54) is 25.6 Å². The molecule has 2 aromatic carbocycles. The molecule has 0 fully saturated rings. The van der Waals surface area contributed by atoms with Crippen LogP contribution in [0.4, 0.5) is 10.2 Å². The molecule has 0 aliphatic heterocycles. The van der Waals surface area contributed by atoms with Crippen molar-refractivity contribution in [2.45, 2.75) is 26.3 Å². The van der Waals surface area contributed by atoms with Crippen LogP contribution in [-0.2, 0) is 6.54 Å². The summed E-state index contributed by atoms with van der Waals surface area (Å²) < 4.78 is 21.1. The lowest BCUT2D eigenvalue weighted by atomic mass is 9.94. The summed E-state index contributed by atoms with van der Waals surface area (Å²) in [6.07, 6.45) is 1.47. The number of rotatable bonds is 8. The lowest BCUT2D eigenvalue weighted by molar-refractivity contribution is 0.109. The Morgan fingerprint density at radius 2 is 2.03 bits per heavy atom. The number of anilines is 1. The van der Waals surface area contributed by atoms with Crippen molar-refractivity contribution >= 4 is 34.5 Å². The lowest BCUT2D eigenvalue weighted by Gasteiger charge is -2.13. The predicted octanol–water partition coefficient (Wildman–Crippen LogP) is 5.42. The highest BCUT2D eigenvalue weighted by Crippen LogP contribution is 2.30. The van der Waals surface area contributed by atoms with Crippen molar-refractivity contribution in [3.8, 4) is 23.1 Å². The van der Waals surface area contributed by atoms with Gasteiger partial charge in [-0.1, -0.05) is 19.9 Å². The van der Waals surface area contributed by atoms with E-state index in [0.29, 0.717) is 52.5 Å². The summed E-state index contributed by atoms with van der Waals surface area (Å²) in [4.78, 5) is 20.5. The Kier molecular flexibility index (Phi) is 7.03. The normalized spacial score (nSPS) is 11.0. The highest BCUT2D eigenvalue weighted by molar-refractivity contribution is 7.97. The van der Waals surface area contributed by atoms with Crippen molar-refractivity contribution < 1.29 is 13.9 Å². The van der Waals surface area contributed by atoms with Gasteiger partial charge in [-0.25, -0.2) is 14.4 Å². The first kappa shape index (κ1) is 24.2. The number of hydrogen-bond donors (Lipinski definition) is 2. The maximum absolute atomic E-state index is 14.1. The van der Waals surface area contributed by atoms with Crippen molar-refractivity contribution in [2.75, 3.05) is 19.0 Å². The van der Waals surface area contributed by atoms with Crippen LogP contribution in [0.5, 0.6) is 5.75 Å². The molecule has 9 heteroatoms. The second-order valence-electron chi connectivity index (χ2n) is 8.31. The molecule has 0 aliphatic carbocycles. The van der Waals surface area contributed by atoms with Crippen molar-refractivity contribution in [2.24, 2.45) is 0 Å².